The summed E-state index contributed by atoms with van der Waals surface area (Å²) in [6.07, 6.45) is 2.73. The molecule has 1 fully saturated rings. The molecule has 2 aromatic heterocycles. The number of carboxylic acids is 1. The van der Waals surface area contributed by atoms with E-state index in [1.165, 1.54) is 6.07 Å². The molecule has 3 N–H and O–H groups in total. The van der Waals surface area contributed by atoms with Crippen molar-refractivity contribution in [3.8, 4) is 11.3 Å². The number of nitrogens with zero attached hydrogens (tertiary/aromatic N) is 6. The van der Waals surface area contributed by atoms with Gasteiger partial charge in [0.25, 0.3) is 0 Å². The number of rotatable bonds is 8. The van der Waals surface area contributed by atoms with Crippen molar-refractivity contribution in [1.29, 1.82) is 0 Å². The SMILES string of the molecule is CC(C)N1c2cc(-c3nc(Nc4ccc(CN5CCN(CC(=O)O)CC5)cn4)ncc3F)cc(F)c2NC1C. The van der Waals surface area contributed by atoms with Crippen molar-refractivity contribution in [2.45, 2.75) is 39.5 Å². The predicted molar refractivity (Wildman–Crippen MR) is 145 cm³/mol. The molecule has 0 aliphatic carbocycles. The Morgan fingerprint density at radius 2 is 1.85 bits per heavy atom. The smallest absolute Gasteiger partial charge is 0.317 e. The fourth-order valence-corrected chi connectivity index (χ4v) is 5.18. The number of halogens is 2. The van der Waals surface area contributed by atoms with E-state index in [0.29, 0.717) is 42.4 Å². The first-order valence-corrected chi connectivity index (χ1v) is 13.0. The molecule has 3 aromatic rings. The molecule has 10 nitrogen and oxygen atoms in total. The number of benzene rings is 1. The van der Waals surface area contributed by atoms with Gasteiger partial charge in [0, 0.05) is 50.5 Å². The molecular weight excluding hydrogens is 506 g/mol. The molecule has 2 aliphatic heterocycles. The molecule has 39 heavy (non-hydrogen) atoms. The standard InChI is InChI=1S/C27H32F2N8O2/c1-16(2)37-17(3)32-26-20(28)10-19(11-22(26)37)25-21(29)13-31-27(34-25)33-23-5-4-18(12-30-23)14-35-6-8-36(9-7-35)15-24(38)39/h4-5,10-13,16-17,32H,6-9,14-15H2,1-3H3,(H,38,39)(H,30,31,33,34). The monoisotopic (exact) mass is 538 g/mol. The molecule has 0 amide bonds. The minimum Gasteiger partial charge on any atom is -0.480 e. The summed E-state index contributed by atoms with van der Waals surface area (Å²) in [6, 6.07) is 6.88. The van der Waals surface area contributed by atoms with Gasteiger partial charge in [-0.1, -0.05) is 6.07 Å². The lowest BCUT2D eigenvalue weighted by atomic mass is 10.1. The summed E-state index contributed by atoms with van der Waals surface area (Å²) >= 11 is 0. The Bertz CT molecular complexity index is 1350. The Morgan fingerprint density at radius 1 is 1.10 bits per heavy atom. The van der Waals surface area contributed by atoms with Crippen LogP contribution in [0.5, 0.6) is 0 Å². The Balaban J connectivity index is 1.28. The van der Waals surface area contributed by atoms with Gasteiger partial charge in [0.2, 0.25) is 5.95 Å². The maximum absolute atomic E-state index is 15.0. The highest BCUT2D eigenvalue weighted by Gasteiger charge is 2.31. The number of aliphatic carboxylic acids is 1. The number of hydrogen-bond acceptors (Lipinski definition) is 9. The van der Waals surface area contributed by atoms with E-state index in [1.807, 2.05) is 36.6 Å². The third-order valence-corrected chi connectivity index (χ3v) is 6.99. The minimum absolute atomic E-state index is 0.00359. The van der Waals surface area contributed by atoms with Gasteiger partial charge >= 0.3 is 5.97 Å². The van der Waals surface area contributed by atoms with Crippen molar-refractivity contribution in [2.24, 2.45) is 0 Å². The normalized spacial score (nSPS) is 17.8. The molecule has 0 radical (unpaired) electrons. The molecule has 5 rings (SSSR count). The van der Waals surface area contributed by atoms with E-state index < -0.39 is 17.6 Å². The maximum atomic E-state index is 15.0. The van der Waals surface area contributed by atoms with E-state index in [4.69, 9.17) is 5.11 Å². The lowest BCUT2D eigenvalue weighted by Gasteiger charge is -2.33. The van der Waals surface area contributed by atoms with Gasteiger partial charge in [-0.05, 0) is 44.5 Å². The zero-order valence-electron chi connectivity index (χ0n) is 22.2. The summed E-state index contributed by atoms with van der Waals surface area (Å²) in [5, 5.41) is 15.1. The van der Waals surface area contributed by atoms with Gasteiger partial charge in [-0.2, -0.15) is 0 Å². The molecule has 12 heteroatoms. The fraction of sp³-hybridized carbons (Fsp3) is 0.407. The van der Waals surface area contributed by atoms with Crippen LogP contribution in [0.15, 0.2) is 36.7 Å². The number of piperazine rings is 1. The fourth-order valence-electron chi connectivity index (χ4n) is 5.18. The van der Waals surface area contributed by atoms with Crippen LogP contribution >= 0.6 is 0 Å². The van der Waals surface area contributed by atoms with Crippen LogP contribution in [0.1, 0.15) is 26.3 Å². The molecule has 1 saturated heterocycles. The number of hydrogen-bond donors (Lipinski definition) is 3. The van der Waals surface area contributed by atoms with Crippen LogP contribution in [-0.4, -0.2) is 80.8 Å². The van der Waals surface area contributed by atoms with Crippen LogP contribution < -0.4 is 15.5 Å². The maximum Gasteiger partial charge on any atom is 0.317 e. The topological polar surface area (TPSA) is 110 Å². The summed E-state index contributed by atoms with van der Waals surface area (Å²) < 4.78 is 29.8. The summed E-state index contributed by atoms with van der Waals surface area (Å²) in [5.41, 5.74) is 2.40. The van der Waals surface area contributed by atoms with E-state index in [2.05, 4.69) is 30.5 Å². The third kappa shape index (κ3) is 5.91. The van der Waals surface area contributed by atoms with Crippen LogP contribution in [0.25, 0.3) is 11.3 Å². The number of nitrogens with one attached hydrogen (secondary N) is 2. The molecular formula is C27H32F2N8O2. The van der Waals surface area contributed by atoms with E-state index in [9.17, 15) is 13.6 Å². The molecule has 206 valence electrons. The van der Waals surface area contributed by atoms with E-state index >= 15 is 0 Å². The number of aromatic nitrogens is 3. The van der Waals surface area contributed by atoms with Crippen molar-refractivity contribution in [2.75, 3.05) is 48.3 Å². The van der Waals surface area contributed by atoms with Crippen LogP contribution in [-0.2, 0) is 11.3 Å². The Morgan fingerprint density at radius 3 is 2.51 bits per heavy atom. The second kappa shape index (κ2) is 11.1. The molecule has 0 spiro atoms. The number of pyridine rings is 1. The van der Waals surface area contributed by atoms with Crippen molar-refractivity contribution in [3.63, 3.8) is 0 Å². The molecule has 1 unspecified atom stereocenters. The molecule has 0 saturated carbocycles. The zero-order valence-corrected chi connectivity index (χ0v) is 22.2. The number of carbonyl (C=O) groups is 1. The molecule has 2 aliphatic rings. The number of fused-ring (bicyclic) bond motifs is 1. The summed E-state index contributed by atoms with van der Waals surface area (Å²) in [4.78, 5) is 29.9. The van der Waals surface area contributed by atoms with Crippen molar-refractivity contribution in [1.82, 2.24) is 24.8 Å². The summed E-state index contributed by atoms with van der Waals surface area (Å²) in [6.45, 7) is 9.75. The third-order valence-electron chi connectivity index (χ3n) is 6.99. The Labute approximate surface area is 225 Å². The van der Waals surface area contributed by atoms with Crippen molar-refractivity contribution < 1.29 is 18.7 Å². The van der Waals surface area contributed by atoms with E-state index in [-0.39, 0.29) is 30.4 Å². The van der Waals surface area contributed by atoms with Gasteiger partial charge in [0.05, 0.1) is 30.3 Å². The zero-order chi connectivity index (χ0) is 27.7. The van der Waals surface area contributed by atoms with Crippen LogP contribution in [0, 0.1) is 11.6 Å². The van der Waals surface area contributed by atoms with E-state index in [1.54, 1.807) is 18.3 Å². The van der Waals surface area contributed by atoms with Gasteiger partial charge in [-0.3, -0.25) is 14.6 Å². The second-order valence-corrected chi connectivity index (χ2v) is 10.2. The average Bonchev–Trinajstić information content (AvgIpc) is 3.24. The highest BCUT2D eigenvalue weighted by Crippen LogP contribution is 2.41. The molecule has 0 bridgehead atoms. The van der Waals surface area contributed by atoms with Gasteiger partial charge < -0.3 is 20.6 Å². The number of carboxylic acid groups (broad SMARTS) is 1. The molecule has 4 heterocycles. The van der Waals surface area contributed by atoms with Gasteiger partial charge in [-0.15, -0.1) is 0 Å². The van der Waals surface area contributed by atoms with Crippen LogP contribution in [0.2, 0.25) is 0 Å². The first-order valence-electron chi connectivity index (χ1n) is 13.0. The van der Waals surface area contributed by atoms with Crippen LogP contribution in [0.4, 0.5) is 31.9 Å². The summed E-state index contributed by atoms with van der Waals surface area (Å²) in [5.74, 6) is -1.29. The highest BCUT2D eigenvalue weighted by atomic mass is 19.1. The predicted octanol–water partition coefficient (Wildman–Crippen LogP) is 3.75. The average molecular weight is 539 g/mol. The highest BCUT2D eigenvalue weighted by molar-refractivity contribution is 5.82. The molecule has 1 aromatic carbocycles. The largest absolute Gasteiger partial charge is 0.480 e. The molecule has 1 atom stereocenters. The van der Waals surface area contributed by atoms with Crippen molar-refractivity contribution >= 4 is 29.1 Å². The second-order valence-electron chi connectivity index (χ2n) is 10.2. The van der Waals surface area contributed by atoms with Crippen LogP contribution in [0.3, 0.4) is 0 Å². The minimum atomic E-state index is -0.808. The Kier molecular flexibility index (Phi) is 7.58. The Hall–Kier alpha value is -3.90. The van der Waals surface area contributed by atoms with Gasteiger partial charge in [0.1, 0.15) is 17.3 Å². The quantitative estimate of drug-likeness (QED) is 0.392. The number of anilines is 4. The lowest BCUT2D eigenvalue weighted by Crippen LogP contribution is -2.47. The first-order chi connectivity index (χ1) is 18.7. The van der Waals surface area contributed by atoms with Crippen molar-refractivity contribution in [3.05, 3.63) is 53.9 Å². The lowest BCUT2D eigenvalue weighted by molar-refractivity contribution is -0.138. The van der Waals surface area contributed by atoms with Gasteiger partial charge in [-0.25, -0.2) is 23.7 Å². The van der Waals surface area contributed by atoms with E-state index in [0.717, 1.165) is 24.8 Å². The van der Waals surface area contributed by atoms with Gasteiger partial charge in [0.15, 0.2) is 5.82 Å². The summed E-state index contributed by atoms with van der Waals surface area (Å²) in [7, 11) is 0. The first kappa shape index (κ1) is 26.7.